The molecule has 0 aliphatic heterocycles. The van der Waals surface area contributed by atoms with Crippen LogP contribution < -0.4 is 10.1 Å². The Labute approximate surface area is 138 Å². The van der Waals surface area contributed by atoms with Crippen molar-refractivity contribution in [2.24, 2.45) is 0 Å². The predicted octanol–water partition coefficient (Wildman–Crippen LogP) is 3.86. The van der Waals surface area contributed by atoms with E-state index in [0.717, 1.165) is 16.3 Å². The number of hydrogen-bond acceptors (Lipinski definition) is 5. The normalized spacial score (nSPS) is 10.3. The quantitative estimate of drug-likeness (QED) is 0.774. The summed E-state index contributed by atoms with van der Waals surface area (Å²) in [7, 11) is 0. The van der Waals surface area contributed by atoms with Gasteiger partial charge in [0, 0.05) is 29.0 Å². The van der Waals surface area contributed by atoms with E-state index in [0.29, 0.717) is 18.0 Å². The molecule has 6 heteroatoms. The minimum Gasteiger partial charge on any atom is -0.494 e. The summed E-state index contributed by atoms with van der Waals surface area (Å²) in [6, 6.07) is 11.0. The first-order chi connectivity index (χ1) is 11.3. The fourth-order valence-corrected chi connectivity index (χ4v) is 2.79. The van der Waals surface area contributed by atoms with Crippen LogP contribution in [0.1, 0.15) is 17.4 Å². The number of rotatable bonds is 5. The van der Waals surface area contributed by atoms with E-state index >= 15 is 0 Å². The minimum atomic E-state index is -0.236. The van der Waals surface area contributed by atoms with Crippen LogP contribution in [-0.4, -0.2) is 22.5 Å². The molecule has 3 rings (SSSR count). The highest BCUT2D eigenvalue weighted by Gasteiger charge is 2.12. The van der Waals surface area contributed by atoms with Crippen molar-refractivity contribution >= 4 is 22.9 Å². The molecule has 0 fully saturated rings. The van der Waals surface area contributed by atoms with Gasteiger partial charge in [-0.05, 0) is 43.3 Å². The molecule has 1 aromatic carbocycles. The van der Waals surface area contributed by atoms with E-state index in [-0.39, 0.29) is 5.91 Å². The highest BCUT2D eigenvalue weighted by Crippen LogP contribution is 2.23. The maximum absolute atomic E-state index is 12.3. The molecule has 2 aromatic heterocycles. The first-order valence-electron chi connectivity index (χ1n) is 7.16. The van der Waals surface area contributed by atoms with E-state index in [1.807, 2.05) is 31.2 Å². The molecule has 0 atom stereocenters. The van der Waals surface area contributed by atoms with Gasteiger partial charge in [0.15, 0.2) is 0 Å². The molecular weight excluding hydrogens is 310 g/mol. The van der Waals surface area contributed by atoms with Crippen LogP contribution in [0, 0.1) is 0 Å². The molecule has 5 nitrogen and oxygen atoms in total. The minimum absolute atomic E-state index is 0.236. The van der Waals surface area contributed by atoms with Gasteiger partial charge in [-0.25, -0.2) is 4.98 Å². The van der Waals surface area contributed by atoms with Gasteiger partial charge >= 0.3 is 0 Å². The van der Waals surface area contributed by atoms with Crippen LogP contribution in [0.5, 0.6) is 5.75 Å². The van der Waals surface area contributed by atoms with E-state index in [4.69, 9.17) is 4.74 Å². The molecule has 3 aromatic rings. The number of hydrogen-bond donors (Lipinski definition) is 1. The molecule has 0 unspecified atom stereocenters. The number of benzene rings is 1. The van der Waals surface area contributed by atoms with Crippen LogP contribution >= 0.6 is 11.3 Å². The summed E-state index contributed by atoms with van der Waals surface area (Å²) in [6.07, 6.45) is 3.43. The van der Waals surface area contributed by atoms with Crippen molar-refractivity contribution in [2.45, 2.75) is 6.92 Å². The van der Waals surface area contributed by atoms with Crippen LogP contribution in [0.2, 0.25) is 0 Å². The summed E-state index contributed by atoms with van der Waals surface area (Å²) in [5, 5.41) is 5.34. The number of anilines is 1. The van der Waals surface area contributed by atoms with E-state index in [9.17, 15) is 4.79 Å². The van der Waals surface area contributed by atoms with E-state index < -0.39 is 0 Å². The van der Waals surface area contributed by atoms with Crippen LogP contribution in [0.15, 0.2) is 54.2 Å². The molecule has 2 heterocycles. The summed E-state index contributed by atoms with van der Waals surface area (Å²) in [5.74, 6) is 0.540. The number of aromatic nitrogens is 2. The fraction of sp³-hybridized carbons (Fsp3) is 0.118. The monoisotopic (exact) mass is 325 g/mol. The Morgan fingerprint density at radius 2 is 2.09 bits per heavy atom. The lowest BCUT2D eigenvalue weighted by Crippen LogP contribution is -2.12. The van der Waals surface area contributed by atoms with Crippen LogP contribution in [-0.2, 0) is 0 Å². The fourth-order valence-electron chi connectivity index (χ4n) is 2.00. The lowest BCUT2D eigenvalue weighted by Gasteiger charge is -2.05. The van der Waals surface area contributed by atoms with Gasteiger partial charge in [-0.1, -0.05) is 0 Å². The SMILES string of the molecule is CCOc1ccc(NC(=O)c2csc(-c3cccnc3)n2)cc1. The third kappa shape index (κ3) is 3.73. The first-order valence-corrected chi connectivity index (χ1v) is 8.04. The number of carbonyl (C=O) groups is 1. The molecule has 0 aliphatic rings. The van der Waals surface area contributed by atoms with Crippen LogP contribution in [0.25, 0.3) is 10.6 Å². The van der Waals surface area contributed by atoms with Gasteiger partial charge in [-0.15, -0.1) is 11.3 Å². The summed E-state index contributed by atoms with van der Waals surface area (Å²) < 4.78 is 5.37. The molecule has 0 bridgehead atoms. The lowest BCUT2D eigenvalue weighted by atomic mass is 10.3. The molecule has 0 aliphatic carbocycles. The van der Waals surface area contributed by atoms with Crippen molar-refractivity contribution < 1.29 is 9.53 Å². The third-order valence-corrected chi connectivity index (χ3v) is 3.96. The van der Waals surface area contributed by atoms with Crippen molar-refractivity contribution in [1.82, 2.24) is 9.97 Å². The number of ether oxygens (including phenoxy) is 1. The zero-order valence-corrected chi connectivity index (χ0v) is 13.3. The van der Waals surface area contributed by atoms with E-state index in [1.165, 1.54) is 11.3 Å². The number of nitrogens with one attached hydrogen (secondary N) is 1. The molecule has 1 N–H and O–H groups in total. The van der Waals surface area contributed by atoms with Crippen molar-refractivity contribution in [3.05, 3.63) is 59.9 Å². The number of amides is 1. The molecule has 0 spiro atoms. The van der Waals surface area contributed by atoms with Gasteiger partial charge < -0.3 is 10.1 Å². The van der Waals surface area contributed by atoms with Crippen molar-refractivity contribution in [3.63, 3.8) is 0 Å². The topological polar surface area (TPSA) is 64.1 Å². The van der Waals surface area contributed by atoms with E-state index in [2.05, 4.69) is 15.3 Å². The molecule has 0 saturated carbocycles. The van der Waals surface area contributed by atoms with Gasteiger partial charge in [0.25, 0.3) is 5.91 Å². The van der Waals surface area contributed by atoms with Gasteiger partial charge in [0.2, 0.25) is 0 Å². The Balaban J connectivity index is 1.70. The van der Waals surface area contributed by atoms with Crippen LogP contribution in [0.4, 0.5) is 5.69 Å². The molecule has 23 heavy (non-hydrogen) atoms. The molecule has 116 valence electrons. The Hall–Kier alpha value is -2.73. The average Bonchev–Trinajstić information content (AvgIpc) is 3.08. The van der Waals surface area contributed by atoms with Crippen molar-refractivity contribution in [1.29, 1.82) is 0 Å². The van der Waals surface area contributed by atoms with Gasteiger partial charge in [0.1, 0.15) is 16.5 Å². The Kier molecular flexibility index (Phi) is 4.63. The first kappa shape index (κ1) is 15.2. The zero-order valence-electron chi connectivity index (χ0n) is 12.5. The van der Waals surface area contributed by atoms with E-state index in [1.54, 1.807) is 29.9 Å². The van der Waals surface area contributed by atoms with Crippen molar-refractivity contribution in [2.75, 3.05) is 11.9 Å². The highest BCUT2D eigenvalue weighted by atomic mass is 32.1. The second kappa shape index (κ2) is 7.02. The van der Waals surface area contributed by atoms with Crippen LogP contribution in [0.3, 0.4) is 0 Å². The molecule has 1 amide bonds. The lowest BCUT2D eigenvalue weighted by molar-refractivity contribution is 0.102. The van der Waals surface area contributed by atoms with Gasteiger partial charge in [-0.2, -0.15) is 0 Å². The average molecular weight is 325 g/mol. The van der Waals surface area contributed by atoms with Gasteiger partial charge in [-0.3, -0.25) is 9.78 Å². The smallest absolute Gasteiger partial charge is 0.275 e. The summed E-state index contributed by atoms with van der Waals surface area (Å²) in [5.41, 5.74) is 2.00. The summed E-state index contributed by atoms with van der Waals surface area (Å²) >= 11 is 1.42. The third-order valence-electron chi connectivity index (χ3n) is 3.07. The molecule has 0 saturated heterocycles. The number of pyridine rings is 1. The Morgan fingerprint density at radius 1 is 1.26 bits per heavy atom. The second-order valence-corrected chi connectivity index (χ2v) is 5.55. The highest BCUT2D eigenvalue weighted by molar-refractivity contribution is 7.13. The summed E-state index contributed by atoms with van der Waals surface area (Å²) in [4.78, 5) is 20.7. The maximum Gasteiger partial charge on any atom is 0.275 e. The predicted molar refractivity (Wildman–Crippen MR) is 90.9 cm³/mol. The number of nitrogens with zero attached hydrogens (tertiary/aromatic N) is 2. The second-order valence-electron chi connectivity index (χ2n) is 4.69. The van der Waals surface area contributed by atoms with Crippen molar-refractivity contribution in [3.8, 4) is 16.3 Å². The Bertz CT molecular complexity index is 785. The zero-order chi connectivity index (χ0) is 16.1. The maximum atomic E-state index is 12.3. The number of carbonyl (C=O) groups excluding carboxylic acids is 1. The number of thiazole rings is 1. The molecular formula is C17H15N3O2S. The standard InChI is InChI=1S/C17H15N3O2S/c1-2-22-14-7-5-13(6-8-14)19-16(21)15-11-23-17(20-15)12-4-3-9-18-10-12/h3-11H,2H2,1H3,(H,19,21). The van der Waals surface area contributed by atoms with Gasteiger partial charge in [0.05, 0.1) is 6.61 Å². The summed E-state index contributed by atoms with van der Waals surface area (Å²) in [6.45, 7) is 2.54. The largest absolute Gasteiger partial charge is 0.494 e. The Morgan fingerprint density at radius 3 is 2.78 bits per heavy atom. The molecule has 0 radical (unpaired) electrons.